The van der Waals surface area contributed by atoms with Crippen molar-refractivity contribution in [1.29, 1.82) is 0 Å². The number of fused-ring (bicyclic) bond motifs is 1. The minimum absolute atomic E-state index is 0.105. The maximum absolute atomic E-state index is 12.2. The third-order valence-electron chi connectivity index (χ3n) is 3.01. The Bertz CT molecular complexity index is 621. The van der Waals surface area contributed by atoms with Gasteiger partial charge in [0.05, 0.1) is 17.4 Å². The Morgan fingerprint density at radius 3 is 2.80 bits per heavy atom. The molecular formula is C14H17N3O3. The van der Waals surface area contributed by atoms with Gasteiger partial charge in [-0.25, -0.2) is 4.98 Å². The maximum atomic E-state index is 12.2. The molecule has 1 aromatic carbocycles. The predicted octanol–water partition coefficient (Wildman–Crippen LogP) is 1.36. The first-order chi connectivity index (χ1) is 9.61. The molecule has 1 aromatic heterocycles. The highest BCUT2D eigenvalue weighted by Gasteiger charge is 2.17. The number of hydrogen-bond donors (Lipinski definition) is 1. The van der Waals surface area contributed by atoms with Crippen molar-refractivity contribution in [1.82, 2.24) is 14.5 Å². The molecule has 0 saturated carbocycles. The standard InChI is InChI=1S/C14H17N3O3/c1-2-7-16(9-14(19)20)13(18)8-17-10-15-11-5-3-4-6-12(11)17/h3-6,10H,2,7-9H2,1H3,(H,19,20). The molecule has 2 aromatic rings. The molecule has 1 heterocycles. The van der Waals surface area contributed by atoms with Crippen molar-refractivity contribution >= 4 is 22.9 Å². The summed E-state index contributed by atoms with van der Waals surface area (Å²) in [7, 11) is 0. The Kier molecular flexibility index (Phi) is 4.34. The van der Waals surface area contributed by atoms with Crippen LogP contribution in [0.5, 0.6) is 0 Å². The van der Waals surface area contributed by atoms with Crippen molar-refractivity contribution in [3.05, 3.63) is 30.6 Å². The van der Waals surface area contributed by atoms with Gasteiger partial charge in [-0.05, 0) is 18.6 Å². The van der Waals surface area contributed by atoms with Crippen LogP contribution in [0.1, 0.15) is 13.3 Å². The van der Waals surface area contributed by atoms with E-state index in [2.05, 4.69) is 4.98 Å². The Morgan fingerprint density at radius 2 is 2.10 bits per heavy atom. The zero-order valence-electron chi connectivity index (χ0n) is 11.3. The number of amides is 1. The lowest BCUT2D eigenvalue weighted by atomic mass is 10.3. The average molecular weight is 275 g/mol. The van der Waals surface area contributed by atoms with Gasteiger partial charge in [-0.3, -0.25) is 9.59 Å². The molecule has 0 atom stereocenters. The van der Waals surface area contributed by atoms with Crippen molar-refractivity contribution < 1.29 is 14.7 Å². The monoisotopic (exact) mass is 275 g/mol. The lowest BCUT2D eigenvalue weighted by Crippen LogP contribution is -2.38. The van der Waals surface area contributed by atoms with Crippen LogP contribution in [0.4, 0.5) is 0 Å². The third kappa shape index (κ3) is 3.14. The summed E-state index contributed by atoms with van der Waals surface area (Å²) in [5, 5.41) is 8.84. The molecule has 0 saturated heterocycles. The molecule has 0 aliphatic heterocycles. The smallest absolute Gasteiger partial charge is 0.323 e. The minimum atomic E-state index is -0.998. The molecule has 0 fully saturated rings. The molecule has 1 N–H and O–H groups in total. The second kappa shape index (κ2) is 6.18. The van der Waals surface area contributed by atoms with Crippen LogP contribution in [0.15, 0.2) is 30.6 Å². The van der Waals surface area contributed by atoms with Crippen molar-refractivity contribution in [3.63, 3.8) is 0 Å². The highest BCUT2D eigenvalue weighted by atomic mass is 16.4. The number of nitrogens with zero attached hydrogens (tertiary/aromatic N) is 3. The van der Waals surface area contributed by atoms with Crippen molar-refractivity contribution in [2.45, 2.75) is 19.9 Å². The number of aliphatic carboxylic acids is 1. The van der Waals surface area contributed by atoms with E-state index in [0.29, 0.717) is 6.54 Å². The van der Waals surface area contributed by atoms with Gasteiger partial charge >= 0.3 is 5.97 Å². The van der Waals surface area contributed by atoms with Gasteiger partial charge in [-0.1, -0.05) is 19.1 Å². The van der Waals surface area contributed by atoms with Crippen LogP contribution in [-0.4, -0.2) is 44.5 Å². The Balaban J connectivity index is 2.14. The van der Waals surface area contributed by atoms with Crippen LogP contribution >= 0.6 is 0 Å². The Hall–Kier alpha value is -2.37. The molecule has 0 aliphatic rings. The first-order valence-electron chi connectivity index (χ1n) is 6.51. The Morgan fingerprint density at radius 1 is 1.35 bits per heavy atom. The number of carboxylic acid groups (broad SMARTS) is 1. The summed E-state index contributed by atoms with van der Waals surface area (Å²) < 4.78 is 1.74. The molecule has 20 heavy (non-hydrogen) atoms. The largest absolute Gasteiger partial charge is 0.480 e. The normalized spacial score (nSPS) is 10.7. The molecule has 6 heteroatoms. The van der Waals surface area contributed by atoms with Crippen molar-refractivity contribution in [2.24, 2.45) is 0 Å². The second-order valence-corrected chi connectivity index (χ2v) is 4.57. The van der Waals surface area contributed by atoms with Crippen LogP contribution < -0.4 is 0 Å². The number of carboxylic acids is 1. The zero-order valence-corrected chi connectivity index (χ0v) is 11.3. The summed E-state index contributed by atoms with van der Waals surface area (Å²) in [6.07, 6.45) is 2.33. The van der Waals surface area contributed by atoms with Crippen LogP contribution in [-0.2, 0) is 16.1 Å². The first kappa shape index (κ1) is 14.0. The lowest BCUT2D eigenvalue weighted by molar-refractivity contribution is -0.144. The topological polar surface area (TPSA) is 75.4 Å². The first-order valence-corrected chi connectivity index (χ1v) is 6.51. The van der Waals surface area contributed by atoms with E-state index in [9.17, 15) is 9.59 Å². The summed E-state index contributed by atoms with van der Waals surface area (Å²) in [6.45, 7) is 2.19. The highest BCUT2D eigenvalue weighted by molar-refractivity contribution is 5.83. The summed E-state index contributed by atoms with van der Waals surface area (Å²) >= 11 is 0. The number of imidazole rings is 1. The van der Waals surface area contributed by atoms with Gasteiger partial charge < -0.3 is 14.6 Å². The molecule has 0 aliphatic carbocycles. The average Bonchev–Trinajstić information content (AvgIpc) is 2.81. The van der Waals surface area contributed by atoms with Gasteiger partial charge in [-0.15, -0.1) is 0 Å². The van der Waals surface area contributed by atoms with Gasteiger partial charge in [0.2, 0.25) is 5.91 Å². The van der Waals surface area contributed by atoms with E-state index in [0.717, 1.165) is 17.5 Å². The van der Waals surface area contributed by atoms with Crippen molar-refractivity contribution in [3.8, 4) is 0 Å². The molecule has 0 spiro atoms. The van der Waals surface area contributed by atoms with Gasteiger partial charge in [0.25, 0.3) is 0 Å². The molecule has 0 unspecified atom stereocenters. The number of hydrogen-bond acceptors (Lipinski definition) is 3. The summed E-state index contributed by atoms with van der Waals surface area (Å²) in [6, 6.07) is 7.52. The fourth-order valence-corrected chi connectivity index (χ4v) is 2.11. The fraction of sp³-hybridized carbons (Fsp3) is 0.357. The molecule has 0 bridgehead atoms. The van der Waals surface area contributed by atoms with E-state index in [1.807, 2.05) is 31.2 Å². The van der Waals surface area contributed by atoms with Crippen LogP contribution in [0, 0.1) is 0 Å². The number of para-hydroxylation sites is 2. The third-order valence-corrected chi connectivity index (χ3v) is 3.01. The predicted molar refractivity (Wildman–Crippen MR) is 74.2 cm³/mol. The molecule has 0 radical (unpaired) electrons. The summed E-state index contributed by atoms with van der Waals surface area (Å²) in [5.41, 5.74) is 1.69. The Labute approximate surface area is 116 Å². The van der Waals surface area contributed by atoms with E-state index >= 15 is 0 Å². The van der Waals surface area contributed by atoms with Crippen LogP contribution in [0.3, 0.4) is 0 Å². The van der Waals surface area contributed by atoms with Gasteiger partial charge in [-0.2, -0.15) is 0 Å². The molecule has 1 amide bonds. The summed E-state index contributed by atoms with van der Waals surface area (Å²) in [4.78, 5) is 28.6. The number of aromatic nitrogens is 2. The number of carbonyl (C=O) groups is 2. The maximum Gasteiger partial charge on any atom is 0.323 e. The number of carbonyl (C=O) groups excluding carboxylic acids is 1. The lowest BCUT2D eigenvalue weighted by Gasteiger charge is -2.20. The highest BCUT2D eigenvalue weighted by Crippen LogP contribution is 2.12. The fourth-order valence-electron chi connectivity index (χ4n) is 2.11. The van der Waals surface area contributed by atoms with E-state index in [1.165, 1.54) is 4.90 Å². The van der Waals surface area contributed by atoms with Crippen molar-refractivity contribution in [2.75, 3.05) is 13.1 Å². The molecular weight excluding hydrogens is 258 g/mol. The molecule has 106 valence electrons. The van der Waals surface area contributed by atoms with Crippen LogP contribution in [0.2, 0.25) is 0 Å². The summed E-state index contributed by atoms with van der Waals surface area (Å²) in [5.74, 6) is -1.21. The molecule has 2 rings (SSSR count). The van der Waals surface area contributed by atoms with E-state index in [4.69, 9.17) is 5.11 Å². The molecule has 6 nitrogen and oxygen atoms in total. The minimum Gasteiger partial charge on any atom is -0.480 e. The quantitative estimate of drug-likeness (QED) is 0.863. The van der Waals surface area contributed by atoms with E-state index in [-0.39, 0.29) is 19.0 Å². The number of benzene rings is 1. The van der Waals surface area contributed by atoms with Crippen LogP contribution in [0.25, 0.3) is 11.0 Å². The second-order valence-electron chi connectivity index (χ2n) is 4.57. The SMILES string of the molecule is CCCN(CC(=O)O)C(=O)Cn1cnc2ccccc21. The zero-order chi connectivity index (χ0) is 14.5. The van der Waals surface area contributed by atoms with E-state index in [1.54, 1.807) is 10.9 Å². The number of rotatable bonds is 6. The van der Waals surface area contributed by atoms with E-state index < -0.39 is 5.97 Å². The van der Waals surface area contributed by atoms with Gasteiger partial charge in [0.15, 0.2) is 0 Å². The van der Waals surface area contributed by atoms with Gasteiger partial charge in [0, 0.05) is 6.54 Å². The van der Waals surface area contributed by atoms with Gasteiger partial charge in [0.1, 0.15) is 13.1 Å².